The molecule has 1 atom stereocenters. The molecule has 1 aliphatic heterocycles. The second-order valence-corrected chi connectivity index (χ2v) is 4.39. The molecule has 1 saturated heterocycles. The highest BCUT2D eigenvalue weighted by atomic mass is 19.4. The SMILES string of the molecule is N[C@@H]1CCCN(c2ccc(C(F)(F)F)cc2)C1. The molecule has 1 aliphatic rings. The predicted molar refractivity (Wildman–Crippen MR) is 60.9 cm³/mol. The molecule has 2 rings (SSSR count). The Labute approximate surface area is 98.2 Å². The van der Waals surface area contributed by atoms with Gasteiger partial charge >= 0.3 is 6.18 Å². The van der Waals surface area contributed by atoms with Crippen LogP contribution < -0.4 is 10.6 Å². The molecule has 0 bridgehead atoms. The van der Waals surface area contributed by atoms with Gasteiger partial charge < -0.3 is 10.6 Å². The monoisotopic (exact) mass is 244 g/mol. The van der Waals surface area contributed by atoms with Crippen LogP contribution in [0.25, 0.3) is 0 Å². The van der Waals surface area contributed by atoms with E-state index in [0.717, 1.165) is 37.2 Å². The zero-order valence-electron chi connectivity index (χ0n) is 9.37. The van der Waals surface area contributed by atoms with Gasteiger partial charge in [-0.3, -0.25) is 0 Å². The van der Waals surface area contributed by atoms with Gasteiger partial charge in [0.15, 0.2) is 0 Å². The lowest BCUT2D eigenvalue weighted by Gasteiger charge is -2.32. The predicted octanol–water partition coefficient (Wildman–Crippen LogP) is 2.63. The van der Waals surface area contributed by atoms with Gasteiger partial charge in [0, 0.05) is 24.8 Å². The smallest absolute Gasteiger partial charge is 0.370 e. The Balaban J connectivity index is 2.12. The first-order valence-electron chi connectivity index (χ1n) is 5.64. The molecule has 2 nitrogen and oxygen atoms in total. The number of piperidine rings is 1. The molecule has 1 fully saturated rings. The number of nitrogens with zero attached hydrogens (tertiary/aromatic N) is 1. The van der Waals surface area contributed by atoms with Gasteiger partial charge in [-0.05, 0) is 37.1 Å². The van der Waals surface area contributed by atoms with Crippen molar-refractivity contribution in [2.24, 2.45) is 5.73 Å². The first-order valence-corrected chi connectivity index (χ1v) is 5.64. The second kappa shape index (κ2) is 4.56. The van der Waals surface area contributed by atoms with Crippen molar-refractivity contribution in [3.8, 4) is 0 Å². The van der Waals surface area contributed by atoms with E-state index >= 15 is 0 Å². The topological polar surface area (TPSA) is 29.3 Å². The van der Waals surface area contributed by atoms with Crippen molar-refractivity contribution in [3.63, 3.8) is 0 Å². The molecule has 0 aliphatic carbocycles. The van der Waals surface area contributed by atoms with Crippen LogP contribution in [0.4, 0.5) is 18.9 Å². The van der Waals surface area contributed by atoms with Gasteiger partial charge in [-0.15, -0.1) is 0 Å². The highest BCUT2D eigenvalue weighted by molar-refractivity contribution is 5.48. The summed E-state index contributed by atoms with van der Waals surface area (Å²) >= 11 is 0. The molecule has 0 radical (unpaired) electrons. The number of hydrogen-bond acceptors (Lipinski definition) is 2. The van der Waals surface area contributed by atoms with Crippen LogP contribution in [0, 0.1) is 0 Å². The van der Waals surface area contributed by atoms with Crippen molar-refractivity contribution in [1.82, 2.24) is 0 Å². The molecule has 0 aromatic heterocycles. The summed E-state index contributed by atoms with van der Waals surface area (Å²) in [6.07, 6.45) is -2.30. The highest BCUT2D eigenvalue weighted by Crippen LogP contribution is 2.30. The summed E-state index contributed by atoms with van der Waals surface area (Å²) in [7, 11) is 0. The third-order valence-electron chi connectivity index (χ3n) is 3.02. The highest BCUT2D eigenvalue weighted by Gasteiger charge is 2.30. The zero-order chi connectivity index (χ0) is 12.5. The number of anilines is 1. The molecule has 0 amide bonds. The van der Waals surface area contributed by atoms with Crippen LogP contribution in [0.2, 0.25) is 0 Å². The molecule has 0 unspecified atom stereocenters. The molecular weight excluding hydrogens is 229 g/mol. The van der Waals surface area contributed by atoms with Crippen molar-refractivity contribution in [2.75, 3.05) is 18.0 Å². The first-order chi connectivity index (χ1) is 7.97. The van der Waals surface area contributed by atoms with Gasteiger partial charge in [0.1, 0.15) is 0 Å². The molecule has 0 saturated carbocycles. The van der Waals surface area contributed by atoms with Crippen molar-refractivity contribution < 1.29 is 13.2 Å². The fourth-order valence-electron chi connectivity index (χ4n) is 2.11. The fourth-order valence-corrected chi connectivity index (χ4v) is 2.11. The van der Waals surface area contributed by atoms with Crippen LogP contribution in [0.5, 0.6) is 0 Å². The van der Waals surface area contributed by atoms with Crippen LogP contribution in [0.3, 0.4) is 0 Å². The van der Waals surface area contributed by atoms with Gasteiger partial charge in [0.05, 0.1) is 5.56 Å². The molecule has 2 N–H and O–H groups in total. The van der Waals surface area contributed by atoms with Crippen LogP contribution >= 0.6 is 0 Å². The van der Waals surface area contributed by atoms with Crippen LogP contribution in [0.1, 0.15) is 18.4 Å². The summed E-state index contributed by atoms with van der Waals surface area (Å²) in [5.74, 6) is 0. The van der Waals surface area contributed by atoms with Gasteiger partial charge in [0.25, 0.3) is 0 Å². The van der Waals surface area contributed by atoms with Gasteiger partial charge in [-0.1, -0.05) is 0 Å². The van der Waals surface area contributed by atoms with Crippen LogP contribution in [-0.4, -0.2) is 19.1 Å². The fraction of sp³-hybridized carbons (Fsp3) is 0.500. The maximum atomic E-state index is 12.4. The van der Waals surface area contributed by atoms with E-state index in [1.54, 1.807) is 0 Å². The maximum Gasteiger partial charge on any atom is 0.416 e. The molecule has 1 aromatic rings. The summed E-state index contributed by atoms with van der Waals surface area (Å²) in [6, 6.07) is 5.39. The van der Waals surface area contributed by atoms with Crippen molar-refractivity contribution in [2.45, 2.75) is 25.1 Å². The lowest BCUT2D eigenvalue weighted by molar-refractivity contribution is -0.137. The number of nitrogens with two attached hydrogens (primary N) is 1. The Morgan fingerprint density at radius 2 is 1.82 bits per heavy atom. The maximum absolute atomic E-state index is 12.4. The standard InChI is InChI=1S/C12H15F3N2/c13-12(14,15)9-3-5-11(6-4-9)17-7-1-2-10(16)8-17/h3-6,10H,1-2,7-8,16H2/t10-/m1/s1. The Bertz CT molecular complexity index is 372. The molecule has 94 valence electrons. The van der Waals surface area contributed by atoms with Gasteiger partial charge in [-0.2, -0.15) is 13.2 Å². The van der Waals surface area contributed by atoms with E-state index in [-0.39, 0.29) is 6.04 Å². The molecule has 1 heterocycles. The minimum absolute atomic E-state index is 0.117. The lowest BCUT2D eigenvalue weighted by Crippen LogP contribution is -2.42. The van der Waals surface area contributed by atoms with Crippen molar-refractivity contribution >= 4 is 5.69 Å². The number of hydrogen-bond donors (Lipinski definition) is 1. The van der Waals surface area contributed by atoms with E-state index in [1.807, 2.05) is 4.90 Å². The minimum Gasteiger partial charge on any atom is -0.370 e. The number of rotatable bonds is 1. The first kappa shape index (κ1) is 12.2. The zero-order valence-corrected chi connectivity index (χ0v) is 9.37. The molecular formula is C12H15F3N2. The largest absolute Gasteiger partial charge is 0.416 e. The Hall–Kier alpha value is -1.23. The average molecular weight is 244 g/mol. The van der Waals surface area contributed by atoms with E-state index in [0.29, 0.717) is 6.54 Å². The summed E-state index contributed by atoms with van der Waals surface area (Å²) in [5.41, 5.74) is 6.04. The third-order valence-corrected chi connectivity index (χ3v) is 3.02. The van der Waals surface area contributed by atoms with Crippen molar-refractivity contribution in [3.05, 3.63) is 29.8 Å². The average Bonchev–Trinajstić information content (AvgIpc) is 2.28. The van der Waals surface area contributed by atoms with Crippen LogP contribution in [0.15, 0.2) is 24.3 Å². The van der Waals surface area contributed by atoms with E-state index in [1.165, 1.54) is 12.1 Å². The van der Waals surface area contributed by atoms with E-state index in [9.17, 15) is 13.2 Å². The summed E-state index contributed by atoms with van der Waals surface area (Å²) in [5, 5.41) is 0. The van der Waals surface area contributed by atoms with E-state index in [2.05, 4.69) is 0 Å². The summed E-state index contributed by atoms with van der Waals surface area (Å²) in [6.45, 7) is 1.57. The number of halogens is 3. The molecule has 17 heavy (non-hydrogen) atoms. The Kier molecular flexibility index (Phi) is 3.28. The van der Waals surface area contributed by atoms with E-state index < -0.39 is 11.7 Å². The Morgan fingerprint density at radius 1 is 1.18 bits per heavy atom. The van der Waals surface area contributed by atoms with Gasteiger partial charge in [-0.25, -0.2) is 0 Å². The second-order valence-electron chi connectivity index (χ2n) is 4.39. The minimum atomic E-state index is -4.27. The van der Waals surface area contributed by atoms with E-state index in [4.69, 9.17) is 5.73 Å². The van der Waals surface area contributed by atoms with Gasteiger partial charge in [0.2, 0.25) is 0 Å². The number of benzene rings is 1. The quantitative estimate of drug-likeness (QED) is 0.822. The molecule has 0 spiro atoms. The number of alkyl halides is 3. The Morgan fingerprint density at radius 3 is 2.35 bits per heavy atom. The summed E-state index contributed by atoms with van der Waals surface area (Å²) in [4.78, 5) is 2.04. The third kappa shape index (κ3) is 2.91. The lowest BCUT2D eigenvalue weighted by atomic mass is 10.1. The normalized spacial score (nSPS) is 21.6. The van der Waals surface area contributed by atoms with Crippen molar-refractivity contribution in [1.29, 1.82) is 0 Å². The molecule has 5 heteroatoms. The molecule has 1 aromatic carbocycles. The van der Waals surface area contributed by atoms with Crippen LogP contribution in [-0.2, 0) is 6.18 Å². The summed E-state index contributed by atoms with van der Waals surface area (Å²) < 4.78 is 37.2.